The molecular weight excluding hydrogens is 140 g/mol. The first-order valence-corrected chi connectivity index (χ1v) is 3.33. The molecule has 0 amide bonds. The van der Waals surface area contributed by atoms with Crippen molar-refractivity contribution in [3.63, 3.8) is 0 Å². The van der Waals surface area contributed by atoms with E-state index in [1.165, 1.54) is 0 Å². The lowest BCUT2D eigenvalue weighted by Crippen LogP contribution is -2.03. The van der Waals surface area contributed by atoms with Gasteiger partial charge in [0.05, 0.1) is 13.5 Å². The van der Waals surface area contributed by atoms with Crippen LogP contribution in [0.4, 0.5) is 0 Å². The Hall–Kier alpha value is -1.02. The van der Waals surface area contributed by atoms with Crippen molar-refractivity contribution in [1.29, 1.82) is 0 Å². The van der Waals surface area contributed by atoms with Crippen molar-refractivity contribution >= 4 is 0 Å². The second kappa shape index (κ2) is 2.93. The molecule has 0 saturated carbocycles. The minimum absolute atomic E-state index is 0.0159. The number of benzene rings is 1. The van der Waals surface area contributed by atoms with E-state index in [1.807, 2.05) is 0 Å². The monoisotopic (exact) mass is 155 g/mol. The van der Waals surface area contributed by atoms with Crippen molar-refractivity contribution in [3.05, 3.63) is 30.2 Å². The molecule has 1 aliphatic rings. The molecule has 1 fully saturated rings. The van der Waals surface area contributed by atoms with E-state index in [4.69, 9.17) is 16.3 Å². The van der Waals surface area contributed by atoms with Crippen LogP contribution in [0.25, 0.3) is 0 Å². The van der Waals surface area contributed by atoms with Crippen LogP contribution in [0.1, 0.15) is 6.85 Å². The second-order valence-electron chi connectivity index (χ2n) is 2.22. The third-order valence-corrected chi connectivity index (χ3v) is 1.29. The van der Waals surface area contributed by atoms with E-state index < -0.39 is 6.04 Å². The van der Waals surface area contributed by atoms with Crippen molar-refractivity contribution in [2.24, 2.45) is 0 Å². The predicted molar refractivity (Wildman–Crippen MR) is 41.7 cm³/mol. The molecule has 1 atom stereocenters. The first-order valence-electron chi connectivity index (χ1n) is 5.83. The van der Waals surface area contributed by atoms with Gasteiger partial charge in [0.25, 0.3) is 0 Å². The molecule has 1 aromatic rings. The quantitative estimate of drug-likeness (QED) is 0.616. The van der Waals surface area contributed by atoms with Crippen LogP contribution in [0.5, 0.6) is 5.75 Å². The zero-order valence-corrected chi connectivity index (χ0v) is 5.81. The number of hydrogen-bond acceptors (Lipinski definition) is 2. The van der Waals surface area contributed by atoms with Gasteiger partial charge in [-0.1, -0.05) is 18.1 Å². The van der Waals surface area contributed by atoms with Crippen LogP contribution in [0.2, 0.25) is 0 Å². The molecule has 1 heterocycles. The van der Waals surface area contributed by atoms with E-state index >= 15 is 0 Å². The Labute approximate surface area is 72.8 Å². The summed E-state index contributed by atoms with van der Waals surface area (Å²) in [7, 11) is 0. The number of rotatable bonds is 3. The lowest BCUT2D eigenvalue weighted by molar-refractivity contribution is 0.263. The van der Waals surface area contributed by atoms with Crippen LogP contribution in [-0.2, 0) is 4.74 Å². The van der Waals surface area contributed by atoms with Crippen LogP contribution in [0.3, 0.4) is 0 Å². The Morgan fingerprint density at radius 1 is 1.55 bits per heavy atom. The topological polar surface area (TPSA) is 21.8 Å². The minimum Gasteiger partial charge on any atom is -0.491 e. The molecule has 58 valence electrons. The number of hydrogen-bond donors (Lipinski definition) is 0. The van der Waals surface area contributed by atoms with Crippen molar-refractivity contribution in [2.45, 2.75) is 6.10 Å². The summed E-state index contributed by atoms with van der Waals surface area (Å²) in [5.74, 6) is -0.110. The van der Waals surface area contributed by atoms with Gasteiger partial charge in [0.2, 0.25) is 0 Å². The Bertz CT molecular complexity index is 401. The van der Waals surface area contributed by atoms with E-state index in [2.05, 4.69) is 0 Å². The van der Waals surface area contributed by atoms with E-state index in [0.29, 0.717) is 6.61 Å². The summed E-state index contributed by atoms with van der Waals surface area (Å²) in [4.78, 5) is 0. The Morgan fingerprint density at radius 2 is 2.27 bits per heavy atom. The van der Waals surface area contributed by atoms with Gasteiger partial charge in [-0.25, -0.2) is 0 Å². The Kier molecular flexibility index (Phi) is 0.838. The molecule has 0 unspecified atom stereocenters. The maximum Gasteiger partial charge on any atom is 0.119 e. The first-order chi connectivity index (χ1) is 7.52. The van der Waals surface area contributed by atoms with Gasteiger partial charge >= 0.3 is 0 Å². The molecule has 2 nitrogen and oxygen atoms in total. The highest BCUT2D eigenvalue weighted by atomic mass is 16.6. The van der Waals surface area contributed by atoms with Crippen LogP contribution in [-0.4, -0.2) is 19.3 Å². The molecule has 0 aromatic heterocycles. The molecule has 0 radical (unpaired) electrons. The number of epoxide rings is 1. The van der Waals surface area contributed by atoms with Gasteiger partial charge in [0, 0.05) is 0 Å². The van der Waals surface area contributed by atoms with Crippen molar-refractivity contribution in [1.82, 2.24) is 0 Å². The lowest BCUT2D eigenvalue weighted by atomic mass is 10.3. The zero-order chi connectivity index (χ0) is 11.9. The van der Waals surface area contributed by atoms with Gasteiger partial charge in [-0.3, -0.25) is 0 Å². The summed E-state index contributed by atoms with van der Waals surface area (Å²) in [6, 6.07) is -1.80. The molecule has 2 rings (SSSR count). The van der Waals surface area contributed by atoms with Gasteiger partial charge in [-0.15, -0.1) is 0 Å². The summed E-state index contributed by atoms with van der Waals surface area (Å²) in [5, 5.41) is 0. The average Bonchev–Trinajstić information content (AvgIpc) is 3.07. The molecule has 1 saturated heterocycles. The SMILES string of the molecule is [2H]c1c([2H])c([2H])c(OC[C@H]2CO2)c([2H])c1[2H]. The van der Waals surface area contributed by atoms with Gasteiger partial charge in [0.15, 0.2) is 0 Å². The summed E-state index contributed by atoms with van der Waals surface area (Å²) in [5.41, 5.74) is 0. The summed E-state index contributed by atoms with van der Waals surface area (Å²) in [6.07, 6.45) is -0.0159. The van der Waals surface area contributed by atoms with Crippen molar-refractivity contribution in [2.75, 3.05) is 13.2 Å². The van der Waals surface area contributed by atoms with E-state index in [1.54, 1.807) is 0 Å². The van der Waals surface area contributed by atoms with Gasteiger partial charge in [-0.05, 0) is 12.1 Å². The molecule has 0 aliphatic carbocycles. The highest BCUT2D eigenvalue weighted by Gasteiger charge is 2.22. The number of ether oxygens (including phenoxy) is 2. The van der Waals surface area contributed by atoms with E-state index in [0.717, 1.165) is 0 Å². The fourth-order valence-corrected chi connectivity index (χ4v) is 0.651. The fourth-order valence-electron chi connectivity index (χ4n) is 0.651. The lowest BCUT2D eigenvalue weighted by Gasteiger charge is -2.01. The smallest absolute Gasteiger partial charge is 0.119 e. The van der Waals surface area contributed by atoms with Crippen molar-refractivity contribution in [3.8, 4) is 5.75 Å². The molecule has 1 aliphatic heterocycles. The van der Waals surface area contributed by atoms with E-state index in [9.17, 15) is 0 Å². The average molecular weight is 155 g/mol. The Balaban J connectivity index is 2.34. The highest BCUT2D eigenvalue weighted by molar-refractivity contribution is 5.20. The third-order valence-electron chi connectivity index (χ3n) is 1.29. The highest BCUT2D eigenvalue weighted by Crippen LogP contribution is 2.13. The standard InChI is InChI=1S/C9H10O2/c1-2-4-8(5-3-1)10-6-9-7-11-9/h1-5,9H,6-7H2/t9-/m0/s1/i1D,2D,3D,4D,5D. The Morgan fingerprint density at radius 3 is 2.91 bits per heavy atom. The third kappa shape index (κ3) is 1.95. The van der Waals surface area contributed by atoms with Crippen LogP contribution in [0, 0.1) is 0 Å². The normalized spacial score (nSPS) is 27.6. The molecule has 0 N–H and O–H groups in total. The molecule has 0 spiro atoms. The fraction of sp³-hybridized carbons (Fsp3) is 0.333. The zero-order valence-electron chi connectivity index (χ0n) is 10.8. The number of para-hydroxylation sites is 1. The minimum atomic E-state index is -0.412. The largest absolute Gasteiger partial charge is 0.491 e. The molecule has 2 heteroatoms. The maximum atomic E-state index is 7.56. The maximum absolute atomic E-state index is 7.56. The van der Waals surface area contributed by atoms with Crippen LogP contribution < -0.4 is 4.74 Å². The predicted octanol–water partition coefficient (Wildman–Crippen LogP) is 1.46. The van der Waals surface area contributed by atoms with Gasteiger partial charge in [0.1, 0.15) is 18.5 Å². The molecule has 0 bridgehead atoms. The van der Waals surface area contributed by atoms with E-state index in [-0.39, 0.29) is 42.6 Å². The summed E-state index contributed by atoms with van der Waals surface area (Å²) >= 11 is 0. The molecular formula is C9H10O2. The first kappa shape index (κ1) is 3.15. The molecule has 1 aromatic carbocycles. The van der Waals surface area contributed by atoms with Crippen molar-refractivity contribution < 1.29 is 16.3 Å². The summed E-state index contributed by atoms with van der Waals surface area (Å²) in [6.45, 7) is 0.812. The van der Waals surface area contributed by atoms with Crippen LogP contribution >= 0.6 is 0 Å². The van der Waals surface area contributed by atoms with Crippen LogP contribution in [0.15, 0.2) is 30.2 Å². The molecule has 11 heavy (non-hydrogen) atoms. The van der Waals surface area contributed by atoms with Gasteiger partial charge < -0.3 is 9.47 Å². The second-order valence-corrected chi connectivity index (χ2v) is 2.22. The van der Waals surface area contributed by atoms with Gasteiger partial charge in [-0.2, -0.15) is 0 Å². The summed E-state index contributed by atoms with van der Waals surface area (Å²) < 4.78 is 47.4.